The maximum absolute atomic E-state index is 4.81. The molecule has 8 aromatic heterocycles. The first-order chi connectivity index (χ1) is 63.4. The van der Waals surface area contributed by atoms with Gasteiger partial charge in [-0.15, -0.1) is 0 Å². The minimum absolute atomic E-state index is 0.628. The van der Waals surface area contributed by atoms with Gasteiger partial charge >= 0.3 is 0 Å². The number of hydrogen-bond acceptors (Lipinski definition) is 17. The highest BCUT2D eigenvalue weighted by Crippen LogP contribution is 2.35. The van der Waals surface area contributed by atoms with Crippen LogP contribution in [0.15, 0.2) is 456 Å². The fraction of sp³-hybridized carbons (Fsp3) is 0. The second kappa shape index (κ2) is 38.5. The van der Waals surface area contributed by atoms with Crippen molar-refractivity contribution in [2.75, 3.05) is 0 Å². The summed E-state index contributed by atoms with van der Waals surface area (Å²) in [4.78, 5) is 79.3. The van der Waals surface area contributed by atoms with Crippen LogP contribution in [0.2, 0.25) is 0 Å². The highest BCUT2D eigenvalue weighted by molar-refractivity contribution is 5.95. The number of rotatable bonds is 16. The van der Waals surface area contributed by atoms with Gasteiger partial charge in [-0.05, 0) is 58.3 Å². The number of aromatic nitrogens is 17. The zero-order valence-corrected chi connectivity index (χ0v) is 68.9. The molecule has 0 aliphatic heterocycles. The molecule has 604 valence electrons. The first-order valence-electron chi connectivity index (χ1n) is 41.7. The molecule has 0 atom stereocenters. The number of hydrogen-bond donors (Lipinski definition) is 0. The molecule has 0 amide bonds. The van der Waals surface area contributed by atoms with Crippen molar-refractivity contribution in [3.05, 3.63) is 456 Å². The van der Waals surface area contributed by atoms with Crippen LogP contribution in [0.25, 0.3) is 203 Å². The Morgan fingerprint density at radius 2 is 0.406 bits per heavy atom. The largest absolute Gasteiger partial charge is 0.265 e. The molecule has 128 heavy (non-hydrogen) atoms. The predicted molar refractivity (Wildman–Crippen MR) is 510 cm³/mol. The molecule has 0 N–H and O–H groups in total. The lowest BCUT2D eigenvalue weighted by Crippen LogP contribution is -2.00. The summed E-state index contributed by atoms with van der Waals surface area (Å²) in [5.74, 6) is 8.50. The van der Waals surface area contributed by atoms with Crippen LogP contribution in [0.4, 0.5) is 0 Å². The molecule has 17 nitrogen and oxygen atoms in total. The predicted octanol–water partition coefficient (Wildman–Crippen LogP) is 25.4. The maximum atomic E-state index is 4.81. The number of nitrogens with zero attached hydrogens (tertiary/aromatic N) is 17. The zero-order chi connectivity index (χ0) is 85.8. The number of fused-ring (bicyclic) bond motifs is 2. The smallest absolute Gasteiger partial charge is 0.164 e. The van der Waals surface area contributed by atoms with Crippen LogP contribution in [0, 0.1) is 0 Å². The van der Waals surface area contributed by atoms with Crippen molar-refractivity contribution in [2.24, 2.45) is 0 Å². The van der Waals surface area contributed by atoms with E-state index < -0.39 is 0 Å². The summed E-state index contributed by atoms with van der Waals surface area (Å²) in [5, 5.41) is 4.62. The van der Waals surface area contributed by atoms with Crippen LogP contribution in [0.5, 0.6) is 0 Å². The summed E-state index contributed by atoms with van der Waals surface area (Å²) in [6.07, 6.45) is 10.8. The van der Waals surface area contributed by atoms with Crippen molar-refractivity contribution in [3.8, 4) is 182 Å². The summed E-state index contributed by atoms with van der Waals surface area (Å²) in [6, 6.07) is 139. The van der Waals surface area contributed by atoms with E-state index in [1.54, 1.807) is 30.9 Å². The average molecular weight is 1650 g/mol. The Hall–Kier alpha value is -17.8. The molecule has 22 aromatic rings. The molecule has 0 bridgehead atoms. The highest BCUT2D eigenvalue weighted by Gasteiger charge is 2.19. The standard InChI is InChI=1S/2C30H20N4.C26H18N4.C25H17N5/c1-3-10-23(11-4-1)28-32-29(24-12-5-2-6-13-24)34-30(33-28)25-17-15-22(16-18-25)27-26-14-8-7-9-21(26)19-20-31-27;1-3-9-22(10-4-1)28-32-29(23-11-5-2-6-12-23)34-30(33-28)24-17-15-21(16-18-24)27-19-25-13-7-8-14-26(25)20-31-27;1-3-8-20(9-4-1)24-28-25(21-10-5-2-6-11-21)30-26(29-24)23-13-7-12-22(18-23)19-14-16-27-17-15-19;1-3-8-18(9-4-1)23-28-24(19-10-5-2-6-11-19)30-25(29-23)21-14-12-20(13-15-21)22-26-16-7-17-27-22/h2*1-20H;1-18H;1-17H. The van der Waals surface area contributed by atoms with Crippen LogP contribution in [0.3, 0.4) is 0 Å². The summed E-state index contributed by atoms with van der Waals surface area (Å²) < 4.78 is 0. The second-order valence-corrected chi connectivity index (χ2v) is 29.6. The minimum Gasteiger partial charge on any atom is -0.265 e. The van der Waals surface area contributed by atoms with E-state index in [9.17, 15) is 0 Å². The number of pyridine rings is 3. The molecule has 8 heterocycles. The molecular formula is C111H75N17. The van der Waals surface area contributed by atoms with Crippen molar-refractivity contribution in [2.45, 2.75) is 0 Å². The second-order valence-electron chi connectivity index (χ2n) is 29.6. The Kier molecular flexibility index (Phi) is 24.0. The molecule has 0 aliphatic rings. The van der Waals surface area contributed by atoms with E-state index >= 15 is 0 Å². The highest BCUT2D eigenvalue weighted by atomic mass is 15.1. The molecule has 0 radical (unpaired) electrons. The number of benzene rings is 14. The van der Waals surface area contributed by atoms with Gasteiger partial charge in [-0.3, -0.25) is 15.0 Å². The normalized spacial score (nSPS) is 10.8. The molecular weight excluding hydrogens is 1570 g/mol. The van der Waals surface area contributed by atoms with Crippen molar-refractivity contribution in [3.63, 3.8) is 0 Å². The van der Waals surface area contributed by atoms with Crippen molar-refractivity contribution in [1.29, 1.82) is 0 Å². The quantitative estimate of drug-likeness (QED) is 0.0878. The Bertz CT molecular complexity index is 7240. The zero-order valence-electron chi connectivity index (χ0n) is 68.9. The van der Waals surface area contributed by atoms with Gasteiger partial charge in [0.05, 0.1) is 11.4 Å². The SMILES string of the molecule is c1ccc(-c2nc(-c3ccccc3)nc(-c3ccc(-c4cc5ccccc5cn4)cc3)n2)cc1.c1ccc(-c2nc(-c3ccccc3)nc(-c3ccc(-c4nccc5ccccc45)cc3)n2)cc1.c1ccc(-c2nc(-c3ccccc3)nc(-c3ccc(-c4ncccn4)cc3)n2)cc1.c1ccc(-c2nc(-c3ccccc3)nc(-c3cccc(-c4ccncc4)c3)n2)cc1. The molecule has 0 aliphatic carbocycles. The van der Waals surface area contributed by atoms with Crippen LogP contribution < -0.4 is 0 Å². The minimum atomic E-state index is 0.628. The lowest BCUT2D eigenvalue weighted by molar-refractivity contribution is 1.07. The average Bonchev–Trinajstić information content (AvgIpc) is 0.782. The fourth-order valence-electron chi connectivity index (χ4n) is 14.5. The van der Waals surface area contributed by atoms with Gasteiger partial charge in [0.15, 0.2) is 75.7 Å². The summed E-state index contributed by atoms with van der Waals surface area (Å²) in [5.41, 5.74) is 18.5. The molecule has 0 saturated heterocycles. The van der Waals surface area contributed by atoms with Gasteiger partial charge in [-0.1, -0.05) is 382 Å². The van der Waals surface area contributed by atoms with E-state index in [-0.39, 0.29) is 0 Å². The van der Waals surface area contributed by atoms with Crippen molar-refractivity contribution in [1.82, 2.24) is 84.7 Å². The van der Waals surface area contributed by atoms with E-state index in [2.05, 4.69) is 104 Å². The monoisotopic (exact) mass is 1650 g/mol. The molecule has 0 unspecified atom stereocenters. The van der Waals surface area contributed by atoms with Crippen molar-refractivity contribution < 1.29 is 0 Å². The van der Waals surface area contributed by atoms with E-state index in [4.69, 9.17) is 59.8 Å². The summed E-state index contributed by atoms with van der Waals surface area (Å²) in [6.45, 7) is 0. The lowest BCUT2D eigenvalue weighted by Gasteiger charge is -2.09. The molecule has 0 saturated carbocycles. The van der Waals surface area contributed by atoms with Gasteiger partial charge < -0.3 is 0 Å². The molecule has 22 rings (SSSR count). The Morgan fingerprint density at radius 1 is 0.133 bits per heavy atom. The maximum Gasteiger partial charge on any atom is 0.164 e. The third kappa shape index (κ3) is 19.1. The van der Waals surface area contributed by atoms with Crippen molar-refractivity contribution >= 4 is 21.5 Å². The summed E-state index contributed by atoms with van der Waals surface area (Å²) in [7, 11) is 0. The molecule has 0 fully saturated rings. The van der Waals surface area contributed by atoms with E-state index in [1.807, 2.05) is 346 Å². The van der Waals surface area contributed by atoms with E-state index in [0.717, 1.165) is 117 Å². The van der Waals surface area contributed by atoms with Gasteiger partial charge in [-0.2, -0.15) is 0 Å². The van der Waals surface area contributed by atoms with Crippen LogP contribution in [0.1, 0.15) is 0 Å². The van der Waals surface area contributed by atoms with Gasteiger partial charge in [-0.25, -0.2) is 69.8 Å². The first-order valence-corrected chi connectivity index (χ1v) is 41.7. The topological polar surface area (TPSA) is 219 Å². The molecule has 17 heteroatoms. The molecule has 0 spiro atoms. The third-order valence-electron chi connectivity index (χ3n) is 21.1. The Morgan fingerprint density at radius 3 is 0.766 bits per heavy atom. The summed E-state index contributed by atoms with van der Waals surface area (Å²) >= 11 is 0. The van der Waals surface area contributed by atoms with Gasteiger partial charge in [0.25, 0.3) is 0 Å². The lowest BCUT2D eigenvalue weighted by atomic mass is 10.0. The van der Waals surface area contributed by atoms with E-state index in [1.165, 1.54) is 10.8 Å². The van der Waals surface area contributed by atoms with Crippen LogP contribution in [-0.4, -0.2) is 84.7 Å². The Balaban J connectivity index is 0.000000111. The van der Waals surface area contributed by atoms with Gasteiger partial charge in [0.2, 0.25) is 0 Å². The Labute approximate surface area is 739 Å². The van der Waals surface area contributed by atoms with Crippen LogP contribution >= 0.6 is 0 Å². The fourth-order valence-corrected chi connectivity index (χ4v) is 14.5. The van der Waals surface area contributed by atoms with E-state index in [0.29, 0.717) is 75.7 Å². The van der Waals surface area contributed by atoms with Gasteiger partial charge in [0, 0.05) is 131 Å². The van der Waals surface area contributed by atoms with Crippen LogP contribution in [-0.2, 0) is 0 Å². The third-order valence-corrected chi connectivity index (χ3v) is 21.1. The van der Waals surface area contributed by atoms with Gasteiger partial charge in [0.1, 0.15) is 0 Å². The first kappa shape index (κ1) is 79.9. The molecule has 14 aromatic carbocycles.